The minimum absolute atomic E-state index is 0.000191. The van der Waals surface area contributed by atoms with Crippen molar-refractivity contribution >= 4 is 0 Å². The molecular formula is C19H20O3. The lowest BCUT2D eigenvalue weighted by molar-refractivity contribution is -0.121. The fourth-order valence-electron chi connectivity index (χ4n) is 3.61. The summed E-state index contributed by atoms with van der Waals surface area (Å²) in [6.45, 7) is 1.54. The van der Waals surface area contributed by atoms with Crippen LogP contribution in [0.4, 0.5) is 0 Å². The summed E-state index contributed by atoms with van der Waals surface area (Å²) in [7, 11) is 1.69. The molecule has 3 heteroatoms. The van der Waals surface area contributed by atoms with Gasteiger partial charge in [0, 0.05) is 26.1 Å². The number of methoxy groups -OCH3 is 1. The number of hydrogen-bond acceptors (Lipinski definition) is 3. The molecule has 0 aromatic heterocycles. The van der Waals surface area contributed by atoms with E-state index in [0.29, 0.717) is 0 Å². The molecule has 2 aromatic carbocycles. The second kappa shape index (κ2) is 5.41. The summed E-state index contributed by atoms with van der Waals surface area (Å²) in [5, 5.41) is 0. The lowest BCUT2D eigenvalue weighted by Crippen LogP contribution is -2.33. The Hall–Kier alpha value is -1.84. The number of fused-ring (bicyclic) bond motifs is 2. The van der Waals surface area contributed by atoms with Gasteiger partial charge < -0.3 is 14.2 Å². The zero-order valence-electron chi connectivity index (χ0n) is 12.7. The molecule has 1 spiro atoms. The highest BCUT2D eigenvalue weighted by Gasteiger charge is 2.46. The van der Waals surface area contributed by atoms with E-state index in [-0.39, 0.29) is 11.7 Å². The van der Waals surface area contributed by atoms with E-state index in [1.807, 2.05) is 12.1 Å². The highest BCUT2D eigenvalue weighted by Crippen LogP contribution is 2.51. The highest BCUT2D eigenvalue weighted by atomic mass is 16.5. The average Bonchev–Trinajstić information content (AvgIpc) is 2.90. The summed E-state index contributed by atoms with van der Waals surface area (Å²) >= 11 is 0. The molecule has 1 fully saturated rings. The van der Waals surface area contributed by atoms with E-state index in [1.54, 1.807) is 7.11 Å². The molecular weight excluding hydrogens is 276 g/mol. The van der Waals surface area contributed by atoms with Gasteiger partial charge in [-0.1, -0.05) is 36.4 Å². The minimum atomic E-state index is -0.181. The van der Waals surface area contributed by atoms with Gasteiger partial charge in [0.2, 0.25) is 0 Å². The van der Waals surface area contributed by atoms with Crippen LogP contribution >= 0.6 is 0 Å². The quantitative estimate of drug-likeness (QED) is 0.843. The second-order valence-corrected chi connectivity index (χ2v) is 5.96. The van der Waals surface area contributed by atoms with E-state index in [1.165, 1.54) is 16.7 Å². The van der Waals surface area contributed by atoms with E-state index in [9.17, 15) is 0 Å². The van der Waals surface area contributed by atoms with Crippen LogP contribution in [0, 0.1) is 0 Å². The summed E-state index contributed by atoms with van der Waals surface area (Å²) in [5.74, 6) is 0.871. The molecule has 0 saturated carbocycles. The molecule has 1 atom stereocenters. The van der Waals surface area contributed by atoms with Crippen molar-refractivity contribution in [2.45, 2.75) is 24.5 Å². The maximum absolute atomic E-state index is 6.60. The van der Waals surface area contributed by atoms with Crippen LogP contribution in [0.5, 0.6) is 5.75 Å². The van der Waals surface area contributed by atoms with Crippen molar-refractivity contribution in [2.24, 2.45) is 0 Å². The maximum atomic E-state index is 6.60. The molecule has 0 N–H and O–H groups in total. The Bertz CT molecular complexity index is 657. The van der Waals surface area contributed by atoms with E-state index >= 15 is 0 Å². The SMILES string of the molecule is COc1ccc([C@@H]2OC3(CCOCC3)c3ccccc32)cc1. The second-order valence-electron chi connectivity index (χ2n) is 5.96. The predicted molar refractivity (Wildman–Crippen MR) is 84.1 cm³/mol. The van der Waals surface area contributed by atoms with Crippen molar-refractivity contribution in [1.82, 2.24) is 0 Å². The van der Waals surface area contributed by atoms with Crippen LogP contribution in [-0.2, 0) is 15.1 Å². The normalized spacial score (nSPS) is 22.5. The summed E-state index contributed by atoms with van der Waals surface area (Å²) < 4.78 is 17.4. The molecule has 114 valence electrons. The topological polar surface area (TPSA) is 27.7 Å². The monoisotopic (exact) mass is 296 g/mol. The van der Waals surface area contributed by atoms with Gasteiger partial charge in [0.15, 0.2) is 0 Å². The fraction of sp³-hybridized carbons (Fsp3) is 0.368. The zero-order chi connectivity index (χ0) is 15.0. The molecule has 2 heterocycles. The summed E-state index contributed by atoms with van der Waals surface area (Å²) in [6, 6.07) is 16.8. The molecule has 2 aliphatic rings. The molecule has 0 aliphatic carbocycles. The summed E-state index contributed by atoms with van der Waals surface area (Å²) in [4.78, 5) is 0. The van der Waals surface area contributed by atoms with Gasteiger partial charge in [-0.3, -0.25) is 0 Å². The van der Waals surface area contributed by atoms with E-state index in [0.717, 1.165) is 31.8 Å². The van der Waals surface area contributed by atoms with Crippen LogP contribution in [0.25, 0.3) is 0 Å². The van der Waals surface area contributed by atoms with Gasteiger partial charge in [-0.15, -0.1) is 0 Å². The van der Waals surface area contributed by atoms with E-state index < -0.39 is 0 Å². The van der Waals surface area contributed by atoms with Crippen LogP contribution in [0.1, 0.15) is 35.6 Å². The average molecular weight is 296 g/mol. The van der Waals surface area contributed by atoms with Crippen molar-refractivity contribution in [2.75, 3.05) is 20.3 Å². The first-order valence-electron chi connectivity index (χ1n) is 7.81. The Labute approximate surface area is 130 Å². The molecule has 4 rings (SSSR count). The third-order valence-electron chi connectivity index (χ3n) is 4.80. The number of ether oxygens (including phenoxy) is 3. The largest absolute Gasteiger partial charge is 0.497 e. The lowest BCUT2D eigenvalue weighted by Gasteiger charge is -2.34. The van der Waals surface area contributed by atoms with Crippen LogP contribution in [0.2, 0.25) is 0 Å². The van der Waals surface area contributed by atoms with E-state index in [4.69, 9.17) is 14.2 Å². The van der Waals surface area contributed by atoms with Crippen LogP contribution in [0.3, 0.4) is 0 Å². The lowest BCUT2D eigenvalue weighted by atomic mass is 9.85. The van der Waals surface area contributed by atoms with Crippen molar-refractivity contribution in [1.29, 1.82) is 0 Å². The van der Waals surface area contributed by atoms with Gasteiger partial charge >= 0.3 is 0 Å². The molecule has 0 unspecified atom stereocenters. The standard InChI is InChI=1S/C19H20O3/c1-20-15-8-6-14(7-9-15)18-16-4-2-3-5-17(16)19(22-18)10-12-21-13-11-19/h2-9,18H,10-13H2,1H3/t18-/m0/s1. The van der Waals surface area contributed by atoms with Crippen molar-refractivity contribution in [3.8, 4) is 5.75 Å². The third kappa shape index (κ3) is 2.13. The first-order valence-corrected chi connectivity index (χ1v) is 7.81. The number of benzene rings is 2. The number of hydrogen-bond donors (Lipinski definition) is 0. The molecule has 0 bridgehead atoms. The molecule has 3 nitrogen and oxygen atoms in total. The first kappa shape index (κ1) is 13.8. The van der Waals surface area contributed by atoms with Gasteiger partial charge in [-0.2, -0.15) is 0 Å². The van der Waals surface area contributed by atoms with Gasteiger partial charge in [-0.05, 0) is 28.8 Å². The first-order chi connectivity index (χ1) is 10.8. The van der Waals surface area contributed by atoms with Gasteiger partial charge in [-0.25, -0.2) is 0 Å². The van der Waals surface area contributed by atoms with Crippen molar-refractivity contribution in [3.63, 3.8) is 0 Å². The third-order valence-corrected chi connectivity index (χ3v) is 4.80. The Morgan fingerprint density at radius 1 is 1.00 bits per heavy atom. The Kier molecular flexibility index (Phi) is 3.40. The molecule has 2 aliphatic heterocycles. The molecule has 0 radical (unpaired) electrons. The highest BCUT2D eigenvalue weighted by molar-refractivity contribution is 5.44. The molecule has 0 amide bonds. The maximum Gasteiger partial charge on any atom is 0.118 e. The minimum Gasteiger partial charge on any atom is -0.497 e. The molecule has 1 saturated heterocycles. The Balaban J connectivity index is 1.75. The molecule has 2 aromatic rings. The fourth-order valence-corrected chi connectivity index (χ4v) is 3.61. The van der Waals surface area contributed by atoms with Crippen LogP contribution in [-0.4, -0.2) is 20.3 Å². The van der Waals surface area contributed by atoms with Gasteiger partial charge in [0.25, 0.3) is 0 Å². The summed E-state index contributed by atoms with van der Waals surface area (Å²) in [6.07, 6.45) is 1.85. The van der Waals surface area contributed by atoms with E-state index in [2.05, 4.69) is 36.4 Å². The molecule has 22 heavy (non-hydrogen) atoms. The smallest absolute Gasteiger partial charge is 0.118 e. The van der Waals surface area contributed by atoms with Gasteiger partial charge in [0.05, 0.1) is 12.7 Å². The van der Waals surface area contributed by atoms with Crippen molar-refractivity contribution in [3.05, 3.63) is 65.2 Å². The Morgan fingerprint density at radius 3 is 2.45 bits per heavy atom. The zero-order valence-corrected chi connectivity index (χ0v) is 12.7. The predicted octanol–water partition coefficient (Wildman–Crippen LogP) is 3.82. The van der Waals surface area contributed by atoms with Crippen molar-refractivity contribution < 1.29 is 14.2 Å². The Morgan fingerprint density at radius 2 is 1.73 bits per heavy atom. The van der Waals surface area contributed by atoms with Crippen LogP contribution < -0.4 is 4.74 Å². The summed E-state index contributed by atoms with van der Waals surface area (Å²) in [5.41, 5.74) is 3.62. The van der Waals surface area contributed by atoms with Gasteiger partial charge in [0.1, 0.15) is 11.9 Å². The van der Waals surface area contributed by atoms with Crippen LogP contribution in [0.15, 0.2) is 48.5 Å². The number of rotatable bonds is 2.